The lowest BCUT2D eigenvalue weighted by atomic mass is 10.2. The molecule has 0 amide bonds. The summed E-state index contributed by atoms with van der Waals surface area (Å²) in [6.07, 6.45) is 3.92. The Hall–Kier alpha value is -3.04. The lowest BCUT2D eigenvalue weighted by Gasteiger charge is -2.14. The van der Waals surface area contributed by atoms with Gasteiger partial charge in [-0.05, 0) is 31.0 Å². The van der Waals surface area contributed by atoms with Gasteiger partial charge in [-0.3, -0.25) is 0 Å². The van der Waals surface area contributed by atoms with Crippen LogP contribution in [0.15, 0.2) is 31.0 Å². The van der Waals surface area contributed by atoms with E-state index in [4.69, 9.17) is 19.9 Å². The van der Waals surface area contributed by atoms with Crippen LogP contribution in [-0.2, 0) is 9.47 Å². The minimum absolute atomic E-state index is 0.0414. The molecule has 160 valence electrons. The second-order valence-corrected chi connectivity index (χ2v) is 7.41. The van der Waals surface area contributed by atoms with Crippen LogP contribution in [-0.4, -0.2) is 55.6 Å². The molecule has 0 spiro atoms. The molecule has 30 heavy (non-hydrogen) atoms. The van der Waals surface area contributed by atoms with Gasteiger partial charge in [-0.15, -0.1) is 0 Å². The Balaban J connectivity index is 1.44. The summed E-state index contributed by atoms with van der Waals surface area (Å²) in [6.45, 7) is 6.05. The lowest BCUT2D eigenvalue weighted by molar-refractivity contribution is 0.00342. The molecule has 1 aliphatic heterocycles. The second kappa shape index (κ2) is 9.19. The number of ether oxygens (including phenoxy) is 3. The summed E-state index contributed by atoms with van der Waals surface area (Å²) in [5.74, 6) is 1.97. The Kier molecular flexibility index (Phi) is 6.20. The molecule has 1 aromatic carbocycles. The first kappa shape index (κ1) is 20.2. The number of aromatic nitrogens is 2. The maximum Gasteiger partial charge on any atom is 0.229 e. The molecule has 9 nitrogen and oxygen atoms in total. The highest BCUT2D eigenvalue weighted by molar-refractivity contribution is 5.72. The van der Waals surface area contributed by atoms with Gasteiger partial charge in [-0.25, -0.2) is 4.98 Å². The summed E-state index contributed by atoms with van der Waals surface area (Å²) in [7, 11) is 1.66. The van der Waals surface area contributed by atoms with Gasteiger partial charge in [0, 0.05) is 37.3 Å². The summed E-state index contributed by atoms with van der Waals surface area (Å²) in [5, 5.41) is 10.0. The van der Waals surface area contributed by atoms with Crippen LogP contribution < -0.4 is 26.4 Å². The van der Waals surface area contributed by atoms with Gasteiger partial charge in [-0.1, -0.05) is 6.58 Å². The Labute approximate surface area is 176 Å². The Bertz CT molecular complexity index is 902. The topological polar surface area (TPSA) is 116 Å². The van der Waals surface area contributed by atoms with Crippen molar-refractivity contribution >= 4 is 28.8 Å². The number of nitrogens with two attached hydrogens (primary N) is 1. The summed E-state index contributed by atoms with van der Waals surface area (Å²) in [5.41, 5.74) is 8.79. The zero-order valence-corrected chi connectivity index (χ0v) is 17.1. The smallest absolute Gasteiger partial charge is 0.229 e. The normalized spacial score (nSPS) is 17.8. The van der Waals surface area contributed by atoms with Crippen molar-refractivity contribution in [3.63, 3.8) is 0 Å². The highest BCUT2D eigenvalue weighted by Crippen LogP contribution is 2.32. The molecule has 5 N–H and O–H groups in total. The fourth-order valence-corrected chi connectivity index (χ4v) is 3.08. The standard InChI is InChI=1S/C21H28N6O3/c1-13(22)17-11-24-21(27-20(17)25-14-3-4-14)26-15-5-6-19-18(9-15)23-10-16(12-30-19)29-8-7-28-2/h5-6,9,11,14,16,23H,1,3-4,7-8,10,12,22H2,2H3,(H2,24,25,26,27). The Morgan fingerprint density at radius 3 is 3.00 bits per heavy atom. The highest BCUT2D eigenvalue weighted by atomic mass is 16.5. The number of fused-ring (bicyclic) bond motifs is 1. The van der Waals surface area contributed by atoms with Crippen LogP contribution in [0.4, 0.5) is 23.1 Å². The van der Waals surface area contributed by atoms with Crippen molar-refractivity contribution in [3.05, 3.63) is 36.5 Å². The zero-order valence-electron chi connectivity index (χ0n) is 17.1. The number of nitrogens with one attached hydrogen (secondary N) is 3. The first-order chi connectivity index (χ1) is 14.6. The largest absolute Gasteiger partial charge is 0.489 e. The third-order valence-electron chi connectivity index (χ3n) is 4.87. The minimum Gasteiger partial charge on any atom is -0.489 e. The van der Waals surface area contributed by atoms with Crippen LogP contribution in [0.1, 0.15) is 18.4 Å². The molecule has 0 bridgehead atoms. The van der Waals surface area contributed by atoms with Crippen molar-refractivity contribution in [1.82, 2.24) is 9.97 Å². The number of hydrogen-bond donors (Lipinski definition) is 4. The van der Waals surface area contributed by atoms with Gasteiger partial charge < -0.3 is 35.9 Å². The van der Waals surface area contributed by atoms with E-state index in [1.807, 2.05) is 18.2 Å². The molecule has 2 aliphatic rings. The van der Waals surface area contributed by atoms with Gasteiger partial charge in [0.1, 0.15) is 24.3 Å². The van der Waals surface area contributed by atoms with E-state index in [1.165, 1.54) is 0 Å². The molecule has 4 rings (SSSR count). The molecule has 0 radical (unpaired) electrons. The molecule has 1 unspecified atom stereocenters. The van der Waals surface area contributed by atoms with E-state index in [0.717, 1.165) is 35.5 Å². The first-order valence-electron chi connectivity index (χ1n) is 10.1. The van der Waals surface area contributed by atoms with Crippen molar-refractivity contribution in [2.75, 3.05) is 49.4 Å². The van der Waals surface area contributed by atoms with E-state index < -0.39 is 0 Å². The van der Waals surface area contributed by atoms with Crippen LogP contribution in [0.25, 0.3) is 5.70 Å². The number of rotatable bonds is 9. The van der Waals surface area contributed by atoms with Crippen molar-refractivity contribution in [1.29, 1.82) is 0 Å². The van der Waals surface area contributed by atoms with Crippen LogP contribution in [0.5, 0.6) is 5.75 Å². The lowest BCUT2D eigenvalue weighted by Crippen LogP contribution is -2.28. The third kappa shape index (κ3) is 5.11. The average Bonchev–Trinajstić information content (AvgIpc) is 3.56. The number of methoxy groups -OCH3 is 1. The van der Waals surface area contributed by atoms with E-state index in [2.05, 4.69) is 32.5 Å². The summed E-state index contributed by atoms with van der Waals surface area (Å²) < 4.78 is 16.7. The maximum absolute atomic E-state index is 5.89. The zero-order chi connectivity index (χ0) is 20.9. The third-order valence-corrected chi connectivity index (χ3v) is 4.87. The molecule has 2 aromatic rings. The quantitative estimate of drug-likeness (QED) is 0.461. The van der Waals surface area contributed by atoms with Crippen LogP contribution >= 0.6 is 0 Å². The number of anilines is 4. The van der Waals surface area contributed by atoms with Crippen molar-refractivity contribution in [2.24, 2.45) is 5.73 Å². The van der Waals surface area contributed by atoms with Gasteiger partial charge in [0.15, 0.2) is 0 Å². The molecule has 1 atom stereocenters. The van der Waals surface area contributed by atoms with Gasteiger partial charge >= 0.3 is 0 Å². The van der Waals surface area contributed by atoms with Crippen molar-refractivity contribution in [2.45, 2.75) is 25.0 Å². The maximum atomic E-state index is 5.89. The Morgan fingerprint density at radius 2 is 2.23 bits per heavy atom. The fraction of sp³-hybridized carbons (Fsp3) is 0.429. The van der Waals surface area contributed by atoms with Gasteiger partial charge in [0.2, 0.25) is 5.95 Å². The first-order valence-corrected chi connectivity index (χ1v) is 10.1. The fourth-order valence-electron chi connectivity index (χ4n) is 3.08. The summed E-state index contributed by atoms with van der Waals surface area (Å²) >= 11 is 0. The molecular formula is C21H28N6O3. The van der Waals surface area contributed by atoms with E-state index in [1.54, 1.807) is 13.3 Å². The average molecular weight is 412 g/mol. The molecular weight excluding hydrogens is 384 g/mol. The van der Waals surface area contributed by atoms with Crippen LogP contribution in [0, 0.1) is 0 Å². The SMILES string of the molecule is C=C(N)c1cnc(Nc2ccc3c(c2)NCC(OCCOC)CO3)nc1NC1CC1. The van der Waals surface area contributed by atoms with Crippen molar-refractivity contribution in [3.8, 4) is 5.75 Å². The van der Waals surface area contributed by atoms with Crippen LogP contribution in [0.2, 0.25) is 0 Å². The van der Waals surface area contributed by atoms with E-state index in [-0.39, 0.29) is 6.10 Å². The number of hydrogen-bond acceptors (Lipinski definition) is 9. The van der Waals surface area contributed by atoms with E-state index >= 15 is 0 Å². The molecule has 1 aliphatic carbocycles. The minimum atomic E-state index is -0.0414. The van der Waals surface area contributed by atoms with Gasteiger partial charge in [-0.2, -0.15) is 4.98 Å². The summed E-state index contributed by atoms with van der Waals surface area (Å²) in [6, 6.07) is 6.26. The van der Waals surface area contributed by atoms with E-state index in [0.29, 0.717) is 49.9 Å². The van der Waals surface area contributed by atoms with E-state index in [9.17, 15) is 0 Å². The number of nitrogens with zero attached hydrogens (tertiary/aromatic N) is 2. The van der Waals surface area contributed by atoms with Gasteiger partial charge in [0.05, 0.1) is 24.5 Å². The second-order valence-electron chi connectivity index (χ2n) is 7.41. The van der Waals surface area contributed by atoms with Gasteiger partial charge in [0.25, 0.3) is 0 Å². The molecule has 2 heterocycles. The summed E-state index contributed by atoms with van der Waals surface area (Å²) in [4.78, 5) is 8.98. The number of benzene rings is 1. The molecule has 1 aromatic heterocycles. The molecule has 0 saturated heterocycles. The molecule has 1 fully saturated rings. The predicted octanol–water partition coefficient (Wildman–Crippen LogP) is 2.56. The predicted molar refractivity (Wildman–Crippen MR) is 117 cm³/mol. The Morgan fingerprint density at radius 1 is 1.37 bits per heavy atom. The van der Waals surface area contributed by atoms with Crippen molar-refractivity contribution < 1.29 is 14.2 Å². The van der Waals surface area contributed by atoms with Crippen LogP contribution in [0.3, 0.4) is 0 Å². The molecule has 9 heteroatoms. The monoisotopic (exact) mass is 412 g/mol. The highest BCUT2D eigenvalue weighted by Gasteiger charge is 2.23. The molecule has 1 saturated carbocycles.